The summed E-state index contributed by atoms with van der Waals surface area (Å²) in [5.41, 5.74) is 2.37. The van der Waals surface area contributed by atoms with Gasteiger partial charge in [0.2, 0.25) is 0 Å². The molecule has 2 aromatic heterocycles. The second-order valence-corrected chi connectivity index (χ2v) is 4.72. The van der Waals surface area contributed by atoms with Crippen LogP contribution in [-0.2, 0) is 7.05 Å². The summed E-state index contributed by atoms with van der Waals surface area (Å²) in [6.07, 6.45) is 1.54. The maximum absolute atomic E-state index is 12.4. The molecule has 0 atom stereocenters. The van der Waals surface area contributed by atoms with Crippen LogP contribution in [0.1, 0.15) is 5.56 Å². The first-order valence-electron chi connectivity index (χ1n) is 5.85. The van der Waals surface area contributed by atoms with Crippen LogP contribution in [0.4, 0.5) is 0 Å². The first-order valence-corrected chi connectivity index (χ1v) is 6.23. The van der Waals surface area contributed by atoms with E-state index < -0.39 is 0 Å². The van der Waals surface area contributed by atoms with E-state index in [0.29, 0.717) is 21.9 Å². The number of rotatable bonds is 1. The van der Waals surface area contributed by atoms with E-state index in [9.17, 15) is 4.79 Å². The third kappa shape index (κ3) is 1.78. The Morgan fingerprint density at radius 1 is 1.25 bits per heavy atom. The number of imidazole rings is 1. The quantitative estimate of drug-likeness (QED) is 0.644. The summed E-state index contributed by atoms with van der Waals surface area (Å²) in [6, 6.07) is 10.6. The molecule has 0 saturated heterocycles. The molecule has 3 aromatic rings. The van der Waals surface area contributed by atoms with Gasteiger partial charge in [0.25, 0.3) is 0 Å². The van der Waals surface area contributed by atoms with E-state index in [4.69, 9.17) is 16.9 Å². The standard InChI is InChI=1S/C14H9ClN4O/c1-18-12-6-9(7-16)2-4-11(12)19(14(18)20)10-3-5-13(15)17-8-10/h2-6,8H,1H3. The molecule has 6 heteroatoms. The van der Waals surface area contributed by atoms with Gasteiger partial charge in [0.1, 0.15) is 5.15 Å². The van der Waals surface area contributed by atoms with E-state index in [-0.39, 0.29) is 5.69 Å². The van der Waals surface area contributed by atoms with E-state index in [1.54, 1.807) is 48.1 Å². The summed E-state index contributed by atoms with van der Waals surface area (Å²) in [5, 5.41) is 9.31. The van der Waals surface area contributed by atoms with Crippen molar-refractivity contribution in [2.75, 3.05) is 0 Å². The van der Waals surface area contributed by atoms with Crippen molar-refractivity contribution in [1.29, 1.82) is 5.26 Å². The van der Waals surface area contributed by atoms with Crippen LogP contribution < -0.4 is 5.69 Å². The number of benzene rings is 1. The van der Waals surface area contributed by atoms with Gasteiger partial charge in [0.15, 0.2) is 0 Å². The first-order chi connectivity index (χ1) is 9.61. The lowest BCUT2D eigenvalue weighted by Gasteiger charge is -2.02. The van der Waals surface area contributed by atoms with Gasteiger partial charge in [0.05, 0.1) is 34.6 Å². The first kappa shape index (κ1) is 12.5. The summed E-state index contributed by atoms with van der Waals surface area (Å²) >= 11 is 5.76. The Balaban J connectivity index is 2.37. The maximum atomic E-state index is 12.4. The fourth-order valence-electron chi connectivity index (χ4n) is 2.16. The lowest BCUT2D eigenvalue weighted by molar-refractivity contribution is 0.844. The monoisotopic (exact) mass is 284 g/mol. The summed E-state index contributed by atoms with van der Waals surface area (Å²) in [7, 11) is 1.67. The highest BCUT2D eigenvalue weighted by molar-refractivity contribution is 6.29. The summed E-state index contributed by atoms with van der Waals surface area (Å²) in [4.78, 5) is 16.3. The van der Waals surface area contributed by atoms with Crippen LogP contribution in [0.15, 0.2) is 41.3 Å². The van der Waals surface area contributed by atoms with Crippen LogP contribution in [0.25, 0.3) is 16.7 Å². The van der Waals surface area contributed by atoms with Crippen molar-refractivity contribution in [3.63, 3.8) is 0 Å². The van der Waals surface area contributed by atoms with Gasteiger partial charge in [-0.1, -0.05) is 11.6 Å². The van der Waals surface area contributed by atoms with Crippen LogP contribution in [0.3, 0.4) is 0 Å². The number of nitrogens with zero attached hydrogens (tertiary/aromatic N) is 4. The molecule has 0 N–H and O–H groups in total. The van der Waals surface area contributed by atoms with Gasteiger partial charge in [-0.2, -0.15) is 5.26 Å². The second-order valence-electron chi connectivity index (χ2n) is 4.33. The number of aryl methyl sites for hydroxylation is 1. The van der Waals surface area contributed by atoms with E-state index in [1.807, 2.05) is 0 Å². The zero-order valence-corrected chi connectivity index (χ0v) is 11.3. The average Bonchev–Trinajstić information content (AvgIpc) is 2.72. The van der Waals surface area contributed by atoms with Crippen molar-refractivity contribution in [1.82, 2.24) is 14.1 Å². The van der Waals surface area contributed by atoms with Crippen molar-refractivity contribution < 1.29 is 0 Å². The van der Waals surface area contributed by atoms with Crippen molar-refractivity contribution in [3.8, 4) is 11.8 Å². The number of halogens is 1. The number of aromatic nitrogens is 3. The molecule has 3 rings (SSSR count). The number of hydrogen-bond donors (Lipinski definition) is 0. The fraction of sp³-hybridized carbons (Fsp3) is 0.0714. The lowest BCUT2D eigenvalue weighted by Crippen LogP contribution is -2.20. The van der Waals surface area contributed by atoms with E-state index in [1.165, 1.54) is 4.57 Å². The SMILES string of the molecule is Cn1c(=O)n(-c2ccc(Cl)nc2)c2ccc(C#N)cc21. The van der Waals surface area contributed by atoms with Crippen molar-refractivity contribution in [2.24, 2.45) is 7.05 Å². The molecule has 0 aliphatic rings. The molecule has 0 aliphatic heterocycles. The predicted octanol–water partition coefficient (Wildman–Crippen LogP) is 2.25. The van der Waals surface area contributed by atoms with Gasteiger partial charge in [-0.25, -0.2) is 9.78 Å². The molecule has 0 fully saturated rings. The van der Waals surface area contributed by atoms with Crippen LogP contribution in [0, 0.1) is 11.3 Å². The van der Waals surface area contributed by atoms with Crippen LogP contribution >= 0.6 is 11.6 Å². The van der Waals surface area contributed by atoms with Crippen LogP contribution in [0.5, 0.6) is 0 Å². The van der Waals surface area contributed by atoms with E-state index in [0.717, 1.165) is 5.52 Å². The molecule has 0 aliphatic carbocycles. The third-order valence-electron chi connectivity index (χ3n) is 3.15. The molecule has 20 heavy (non-hydrogen) atoms. The average molecular weight is 285 g/mol. The molecule has 5 nitrogen and oxygen atoms in total. The minimum absolute atomic E-state index is 0.195. The largest absolute Gasteiger partial charge is 0.333 e. The molecule has 1 aromatic carbocycles. The molecule has 0 saturated carbocycles. The molecular weight excluding hydrogens is 276 g/mol. The molecule has 0 radical (unpaired) electrons. The van der Waals surface area contributed by atoms with Crippen molar-refractivity contribution >= 4 is 22.6 Å². The highest BCUT2D eigenvalue weighted by Gasteiger charge is 2.13. The van der Waals surface area contributed by atoms with Gasteiger partial charge in [-0.15, -0.1) is 0 Å². The van der Waals surface area contributed by atoms with E-state index >= 15 is 0 Å². The van der Waals surface area contributed by atoms with Gasteiger partial charge >= 0.3 is 5.69 Å². The Hall–Kier alpha value is -2.58. The molecule has 0 spiro atoms. The summed E-state index contributed by atoms with van der Waals surface area (Å²) < 4.78 is 3.05. The van der Waals surface area contributed by atoms with E-state index in [2.05, 4.69) is 11.1 Å². The van der Waals surface area contributed by atoms with Crippen LogP contribution in [-0.4, -0.2) is 14.1 Å². The Kier molecular flexibility index (Phi) is 2.81. The number of nitriles is 1. The lowest BCUT2D eigenvalue weighted by atomic mass is 10.2. The smallest absolute Gasteiger partial charge is 0.295 e. The number of pyridine rings is 1. The number of hydrogen-bond acceptors (Lipinski definition) is 3. The summed E-state index contributed by atoms with van der Waals surface area (Å²) in [6.45, 7) is 0. The second kappa shape index (κ2) is 4.51. The van der Waals surface area contributed by atoms with Gasteiger partial charge < -0.3 is 0 Å². The zero-order chi connectivity index (χ0) is 14.3. The summed E-state index contributed by atoms with van der Waals surface area (Å²) in [5.74, 6) is 0. The molecule has 0 amide bonds. The topological polar surface area (TPSA) is 63.6 Å². The molecule has 98 valence electrons. The van der Waals surface area contributed by atoms with Crippen LogP contribution in [0.2, 0.25) is 5.15 Å². The molecule has 0 unspecified atom stereocenters. The molecule has 0 bridgehead atoms. The predicted molar refractivity (Wildman–Crippen MR) is 76.0 cm³/mol. The Labute approximate surface area is 119 Å². The zero-order valence-electron chi connectivity index (χ0n) is 10.5. The van der Waals surface area contributed by atoms with Gasteiger partial charge in [-0.3, -0.25) is 9.13 Å². The van der Waals surface area contributed by atoms with Gasteiger partial charge in [0, 0.05) is 7.05 Å². The third-order valence-corrected chi connectivity index (χ3v) is 3.38. The molecule has 2 heterocycles. The maximum Gasteiger partial charge on any atom is 0.333 e. The highest BCUT2D eigenvalue weighted by atomic mass is 35.5. The minimum Gasteiger partial charge on any atom is -0.295 e. The van der Waals surface area contributed by atoms with Crippen molar-refractivity contribution in [2.45, 2.75) is 0 Å². The Morgan fingerprint density at radius 3 is 2.70 bits per heavy atom. The fourth-order valence-corrected chi connectivity index (χ4v) is 2.27. The van der Waals surface area contributed by atoms with Gasteiger partial charge in [-0.05, 0) is 30.3 Å². The number of fused-ring (bicyclic) bond motifs is 1. The molecular formula is C14H9ClN4O. The Bertz CT molecular complexity index is 900. The highest BCUT2D eigenvalue weighted by Crippen LogP contribution is 2.18. The Morgan fingerprint density at radius 2 is 2.05 bits per heavy atom. The minimum atomic E-state index is -0.195. The van der Waals surface area contributed by atoms with Crippen molar-refractivity contribution in [3.05, 3.63) is 57.7 Å². The normalized spacial score (nSPS) is 10.7.